The molecule has 1 heterocycles. The zero-order valence-electron chi connectivity index (χ0n) is 4.39. The molecule has 1 N–H and O–H groups in total. The Labute approximate surface area is 45.2 Å². The summed E-state index contributed by atoms with van der Waals surface area (Å²) in [7, 11) is -1.55. The van der Waals surface area contributed by atoms with Gasteiger partial charge in [-0.05, 0) is 6.42 Å². The first kappa shape index (κ1) is 5.41. The van der Waals surface area contributed by atoms with Crippen LogP contribution >= 0.6 is 10.6 Å². The molecule has 0 amide bonds. The van der Waals surface area contributed by atoms with Gasteiger partial charge in [0, 0.05) is 12.0 Å². The molecule has 1 atom stereocenters. The van der Waals surface area contributed by atoms with E-state index in [0.29, 0.717) is 0 Å². The highest BCUT2D eigenvalue weighted by Crippen LogP contribution is 2.45. The second-order valence-electron chi connectivity index (χ2n) is 1.84. The lowest BCUT2D eigenvalue weighted by Crippen LogP contribution is -1.93. The van der Waals surface area contributed by atoms with Crippen molar-refractivity contribution in [3.63, 3.8) is 0 Å². The molecule has 1 rings (SSSR count). The fourth-order valence-electron chi connectivity index (χ4n) is 0.624. The molecule has 1 aliphatic rings. The molecule has 44 valence electrons. The average Bonchev–Trinajstić information content (AvgIpc) is 1.84. The summed E-state index contributed by atoms with van der Waals surface area (Å²) in [5, 5.41) is 0. The van der Waals surface area contributed by atoms with Crippen molar-refractivity contribution in [2.75, 3.05) is 18.6 Å². The van der Waals surface area contributed by atoms with Crippen LogP contribution in [0, 0.1) is 0 Å². The van der Waals surface area contributed by atoms with Crippen molar-refractivity contribution < 1.29 is 8.74 Å². The highest BCUT2D eigenvalue weighted by molar-refractivity contribution is 8.24. The summed E-state index contributed by atoms with van der Waals surface area (Å²) in [6.45, 7) is 0.752. The minimum atomic E-state index is -1.55. The van der Waals surface area contributed by atoms with Crippen molar-refractivity contribution in [2.24, 2.45) is 0 Å². The van der Waals surface area contributed by atoms with Gasteiger partial charge in [0.15, 0.2) is 0 Å². The minimum Gasteiger partial charge on any atom is -0.299 e. The number of rotatable bonds is 0. The van der Waals surface area contributed by atoms with E-state index in [0.717, 1.165) is 18.8 Å². The molecule has 0 bridgehead atoms. The van der Waals surface area contributed by atoms with E-state index >= 15 is 0 Å². The molecule has 0 aromatic rings. The molecule has 0 aromatic heterocycles. The predicted octanol–water partition coefficient (Wildman–Crippen LogP) is 1.23. The van der Waals surface area contributed by atoms with E-state index in [4.69, 9.17) is 8.74 Å². The quantitative estimate of drug-likeness (QED) is 0.523. The lowest BCUT2D eigenvalue weighted by Gasteiger charge is -2.25. The summed E-state index contributed by atoms with van der Waals surface area (Å²) < 4.78 is 14.0. The molecule has 3 heteroatoms. The first-order chi connectivity index (χ1) is 3.21. The van der Waals surface area contributed by atoms with Crippen LogP contribution in [0.15, 0.2) is 0 Å². The largest absolute Gasteiger partial charge is 0.299 e. The van der Waals surface area contributed by atoms with Gasteiger partial charge in [-0.3, -0.25) is 8.74 Å². The molecular formula is C4H10O2S. The van der Waals surface area contributed by atoms with E-state index in [9.17, 15) is 0 Å². The molecule has 2 nitrogen and oxygen atoms in total. The van der Waals surface area contributed by atoms with E-state index in [1.807, 2.05) is 0 Å². The molecule has 0 radical (unpaired) electrons. The molecule has 0 spiro atoms. The summed E-state index contributed by atoms with van der Waals surface area (Å²) in [6.07, 6.45) is 2.81. The fraction of sp³-hybridized carbons (Fsp3) is 1.00. The van der Waals surface area contributed by atoms with Gasteiger partial charge in [0.2, 0.25) is 0 Å². The summed E-state index contributed by atoms with van der Waals surface area (Å²) in [5.41, 5.74) is 0. The third-order valence-electron chi connectivity index (χ3n) is 1.00. The second-order valence-corrected chi connectivity index (χ2v) is 4.40. The first-order valence-electron chi connectivity index (χ1n) is 2.33. The zero-order chi connectivity index (χ0) is 5.33. The van der Waals surface area contributed by atoms with Gasteiger partial charge >= 0.3 is 0 Å². The van der Waals surface area contributed by atoms with E-state index in [-0.39, 0.29) is 0 Å². The van der Waals surface area contributed by atoms with Crippen LogP contribution in [0.25, 0.3) is 0 Å². The van der Waals surface area contributed by atoms with Crippen molar-refractivity contribution in [2.45, 2.75) is 6.42 Å². The van der Waals surface area contributed by atoms with Gasteiger partial charge in [-0.25, -0.2) is 0 Å². The third kappa shape index (κ3) is 1.33. The Morgan fingerprint density at radius 2 is 2.43 bits per heavy atom. The Balaban J connectivity index is 2.40. The van der Waals surface area contributed by atoms with Crippen LogP contribution in [-0.4, -0.2) is 23.2 Å². The van der Waals surface area contributed by atoms with Crippen LogP contribution in [-0.2, 0) is 4.18 Å². The van der Waals surface area contributed by atoms with Gasteiger partial charge in [0.1, 0.15) is 0 Å². The Morgan fingerprint density at radius 1 is 1.71 bits per heavy atom. The lowest BCUT2D eigenvalue weighted by molar-refractivity contribution is 0.355. The molecule has 0 aromatic carbocycles. The van der Waals surface area contributed by atoms with Crippen LogP contribution in [0.5, 0.6) is 0 Å². The van der Waals surface area contributed by atoms with Crippen molar-refractivity contribution in [1.29, 1.82) is 0 Å². The minimum absolute atomic E-state index is 0.752. The standard InChI is InChI=1S/C4H10O2S/c1-7(5)4-2-3-6-7/h5H,2-4H2,1H3. The van der Waals surface area contributed by atoms with Gasteiger partial charge in [0.25, 0.3) is 0 Å². The number of hydrogen-bond donors (Lipinski definition) is 1. The van der Waals surface area contributed by atoms with Gasteiger partial charge in [-0.15, -0.1) is 0 Å². The summed E-state index contributed by atoms with van der Waals surface area (Å²) in [5.74, 6) is 0.868. The predicted molar refractivity (Wildman–Crippen MR) is 31.6 cm³/mol. The van der Waals surface area contributed by atoms with E-state index in [2.05, 4.69) is 0 Å². The monoisotopic (exact) mass is 122 g/mol. The third-order valence-corrected chi connectivity index (χ3v) is 2.73. The maximum absolute atomic E-state index is 9.06. The van der Waals surface area contributed by atoms with Gasteiger partial charge < -0.3 is 0 Å². The average molecular weight is 122 g/mol. The van der Waals surface area contributed by atoms with E-state index in [1.165, 1.54) is 0 Å². The Bertz CT molecular complexity index is 64.1. The number of hydrogen-bond acceptors (Lipinski definition) is 2. The Hall–Kier alpha value is 0.270. The smallest absolute Gasteiger partial charge is 0.0728 e. The van der Waals surface area contributed by atoms with Gasteiger partial charge in [0.05, 0.1) is 6.61 Å². The first-order valence-corrected chi connectivity index (χ1v) is 4.43. The maximum atomic E-state index is 9.06. The fourth-order valence-corrected chi connectivity index (χ4v) is 1.87. The van der Waals surface area contributed by atoms with Crippen molar-refractivity contribution in [1.82, 2.24) is 0 Å². The molecule has 1 unspecified atom stereocenters. The molecule has 7 heavy (non-hydrogen) atoms. The lowest BCUT2D eigenvalue weighted by atomic mass is 10.5. The molecule has 0 aliphatic carbocycles. The summed E-state index contributed by atoms with van der Waals surface area (Å²) in [4.78, 5) is 0. The molecule has 0 saturated carbocycles. The van der Waals surface area contributed by atoms with Crippen LogP contribution in [0.3, 0.4) is 0 Å². The summed E-state index contributed by atoms with van der Waals surface area (Å²) >= 11 is 0. The second kappa shape index (κ2) is 1.65. The van der Waals surface area contributed by atoms with Crippen molar-refractivity contribution in [3.8, 4) is 0 Å². The van der Waals surface area contributed by atoms with Crippen LogP contribution < -0.4 is 0 Å². The van der Waals surface area contributed by atoms with Crippen LogP contribution in [0.2, 0.25) is 0 Å². The van der Waals surface area contributed by atoms with Gasteiger partial charge in [-0.2, -0.15) is 10.6 Å². The Morgan fingerprint density at radius 3 is 2.57 bits per heavy atom. The van der Waals surface area contributed by atoms with E-state index < -0.39 is 10.6 Å². The molecule has 1 aliphatic heterocycles. The zero-order valence-corrected chi connectivity index (χ0v) is 5.20. The highest BCUT2D eigenvalue weighted by Gasteiger charge is 2.15. The van der Waals surface area contributed by atoms with Crippen molar-refractivity contribution >= 4 is 10.6 Å². The molecular weight excluding hydrogens is 112 g/mol. The maximum Gasteiger partial charge on any atom is 0.0728 e. The Kier molecular flexibility index (Phi) is 1.28. The SMILES string of the molecule is CS1(O)CCCO1. The van der Waals surface area contributed by atoms with Crippen LogP contribution in [0.1, 0.15) is 6.42 Å². The van der Waals surface area contributed by atoms with Gasteiger partial charge in [-0.1, -0.05) is 0 Å². The normalized spacial score (nSPS) is 51.1. The topological polar surface area (TPSA) is 29.5 Å². The molecule has 1 saturated heterocycles. The summed E-state index contributed by atoms with van der Waals surface area (Å²) in [6, 6.07) is 0. The molecule has 1 fully saturated rings. The van der Waals surface area contributed by atoms with E-state index in [1.54, 1.807) is 6.26 Å². The highest BCUT2D eigenvalue weighted by atomic mass is 32.3. The van der Waals surface area contributed by atoms with Crippen molar-refractivity contribution in [3.05, 3.63) is 0 Å². The van der Waals surface area contributed by atoms with Crippen LogP contribution in [0.4, 0.5) is 0 Å².